The Kier molecular flexibility index (Phi) is 3.95. The normalized spacial score (nSPS) is 10.0. The molecular formula is C9H8BrFO2S. The summed E-state index contributed by atoms with van der Waals surface area (Å²) < 4.78 is 18.2. The molecule has 1 rings (SSSR count). The van der Waals surface area contributed by atoms with Gasteiger partial charge in [-0.25, -0.2) is 9.18 Å². The first-order valence-corrected chi connectivity index (χ1v) is 5.74. The zero-order chi connectivity index (χ0) is 10.7. The van der Waals surface area contributed by atoms with Gasteiger partial charge in [-0.05, 0) is 34.3 Å². The van der Waals surface area contributed by atoms with Crippen molar-refractivity contribution in [1.82, 2.24) is 0 Å². The predicted octanol–water partition coefficient (Wildman–Crippen LogP) is 3.10. The molecule has 0 saturated heterocycles. The number of carbonyl (C=O) groups is 1. The largest absolute Gasteiger partial charge is 0.465 e. The van der Waals surface area contributed by atoms with E-state index in [9.17, 15) is 9.18 Å². The average molecular weight is 279 g/mol. The van der Waals surface area contributed by atoms with Gasteiger partial charge in [0.15, 0.2) is 0 Å². The van der Waals surface area contributed by atoms with Crippen LogP contribution in [-0.4, -0.2) is 19.3 Å². The highest BCUT2D eigenvalue weighted by Crippen LogP contribution is 2.31. The van der Waals surface area contributed by atoms with Crippen molar-refractivity contribution in [3.8, 4) is 0 Å². The summed E-state index contributed by atoms with van der Waals surface area (Å²) >= 11 is 4.60. The van der Waals surface area contributed by atoms with Crippen molar-refractivity contribution in [3.05, 3.63) is 28.0 Å². The fraction of sp³-hybridized carbons (Fsp3) is 0.222. The summed E-state index contributed by atoms with van der Waals surface area (Å²) in [6.45, 7) is 0. The zero-order valence-electron chi connectivity index (χ0n) is 7.64. The van der Waals surface area contributed by atoms with Crippen LogP contribution in [0, 0.1) is 5.82 Å². The lowest BCUT2D eigenvalue weighted by molar-refractivity contribution is 0.0594. The van der Waals surface area contributed by atoms with Crippen LogP contribution in [0.1, 0.15) is 10.4 Å². The standard InChI is InChI=1S/C9H8BrFO2S/c1-13-9(12)7-5(11)3-4-6(14-2)8(7)10/h3-4H,1-2H3. The van der Waals surface area contributed by atoms with Crippen LogP contribution in [0.25, 0.3) is 0 Å². The van der Waals surface area contributed by atoms with Crippen molar-refractivity contribution in [1.29, 1.82) is 0 Å². The smallest absolute Gasteiger partial charge is 0.342 e. The second-order valence-electron chi connectivity index (χ2n) is 2.43. The fourth-order valence-electron chi connectivity index (χ4n) is 0.980. The minimum Gasteiger partial charge on any atom is -0.465 e. The van der Waals surface area contributed by atoms with Gasteiger partial charge in [0.1, 0.15) is 11.4 Å². The van der Waals surface area contributed by atoms with E-state index in [0.29, 0.717) is 4.47 Å². The number of esters is 1. The molecule has 0 aliphatic rings. The van der Waals surface area contributed by atoms with Crippen LogP contribution in [0.5, 0.6) is 0 Å². The molecule has 1 aromatic rings. The van der Waals surface area contributed by atoms with Gasteiger partial charge in [-0.15, -0.1) is 11.8 Å². The van der Waals surface area contributed by atoms with Gasteiger partial charge in [0, 0.05) is 9.37 Å². The van der Waals surface area contributed by atoms with Gasteiger partial charge in [-0.1, -0.05) is 0 Å². The third-order valence-corrected chi connectivity index (χ3v) is 3.53. The van der Waals surface area contributed by atoms with Crippen LogP contribution in [0.3, 0.4) is 0 Å². The lowest BCUT2D eigenvalue weighted by Crippen LogP contribution is -2.06. The second-order valence-corrected chi connectivity index (χ2v) is 4.07. The Morgan fingerprint density at radius 3 is 2.71 bits per heavy atom. The third kappa shape index (κ3) is 2.09. The number of ether oxygens (including phenoxy) is 1. The van der Waals surface area contributed by atoms with Crippen molar-refractivity contribution in [2.24, 2.45) is 0 Å². The van der Waals surface area contributed by atoms with Crippen LogP contribution in [0.15, 0.2) is 21.5 Å². The molecule has 0 atom stereocenters. The van der Waals surface area contributed by atoms with Crippen LogP contribution >= 0.6 is 27.7 Å². The number of methoxy groups -OCH3 is 1. The minimum atomic E-state index is -0.676. The highest BCUT2D eigenvalue weighted by Gasteiger charge is 2.18. The van der Waals surface area contributed by atoms with E-state index in [1.54, 1.807) is 6.07 Å². The monoisotopic (exact) mass is 278 g/mol. The summed E-state index contributed by atoms with van der Waals surface area (Å²) in [5.74, 6) is -1.26. The molecule has 0 aromatic heterocycles. The molecule has 0 saturated carbocycles. The van der Waals surface area contributed by atoms with Crippen LogP contribution in [0.4, 0.5) is 4.39 Å². The minimum absolute atomic E-state index is 0.0562. The van der Waals surface area contributed by atoms with E-state index in [-0.39, 0.29) is 5.56 Å². The number of hydrogen-bond donors (Lipinski definition) is 0. The van der Waals surface area contributed by atoms with E-state index in [1.807, 2.05) is 6.26 Å². The molecule has 0 aliphatic carbocycles. The molecule has 5 heteroatoms. The van der Waals surface area contributed by atoms with Crippen LogP contribution in [0.2, 0.25) is 0 Å². The molecule has 0 amide bonds. The number of carbonyl (C=O) groups excluding carboxylic acids is 1. The van der Waals surface area contributed by atoms with E-state index in [1.165, 1.54) is 24.9 Å². The Balaban J connectivity index is 3.32. The Morgan fingerprint density at radius 2 is 2.21 bits per heavy atom. The van der Waals surface area contributed by atoms with Crippen LogP contribution in [-0.2, 0) is 4.74 Å². The van der Waals surface area contributed by atoms with Crippen molar-refractivity contribution in [2.75, 3.05) is 13.4 Å². The first-order valence-electron chi connectivity index (χ1n) is 3.72. The molecule has 0 unspecified atom stereocenters. The highest BCUT2D eigenvalue weighted by molar-refractivity contribution is 9.10. The zero-order valence-corrected chi connectivity index (χ0v) is 10.0. The molecule has 0 fully saturated rings. The Hall–Kier alpha value is -0.550. The highest BCUT2D eigenvalue weighted by atomic mass is 79.9. The summed E-state index contributed by atoms with van der Waals surface area (Å²) in [5.41, 5.74) is -0.0562. The molecular weight excluding hydrogens is 271 g/mol. The van der Waals surface area contributed by atoms with E-state index in [0.717, 1.165) is 4.90 Å². The van der Waals surface area contributed by atoms with Gasteiger partial charge in [0.25, 0.3) is 0 Å². The maximum atomic E-state index is 13.3. The Labute approximate surface area is 94.0 Å². The Morgan fingerprint density at radius 1 is 1.57 bits per heavy atom. The number of hydrogen-bond acceptors (Lipinski definition) is 3. The predicted molar refractivity (Wildman–Crippen MR) is 57.2 cm³/mol. The first-order chi connectivity index (χ1) is 6.61. The van der Waals surface area contributed by atoms with E-state index < -0.39 is 11.8 Å². The quantitative estimate of drug-likeness (QED) is 0.614. The maximum Gasteiger partial charge on any atom is 0.342 e. The lowest BCUT2D eigenvalue weighted by atomic mass is 10.2. The van der Waals surface area contributed by atoms with Gasteiger partial charge in [0.05, 0.1) is 7.11 Å². The van der Waals surface area contributed by atoms with Gasteiger partial charge < -0.3 is 4.74 Å². The van der Waals surface area contributed by atoms with Crippen LogP contribution < -0.4 is 0 Å². The van der Waals surface area contributed by atoms with Crippen molar-refractivity contribution < 1.29 is 13.9 Å². The number of rotatable bonds is 2. The lowest BCUT2D eigenvalue weighted by Gasteiger charge is -2.07. The topological polar surface area (TPSA) is 26.3 Å². The van der Waals surface area contributed by atoms with Crippen molar-refractivity contribution in [2.45, 2.75) is 4.90 Å². The summed E-state index contributed by atoms with van der Waals surface area (Å²) in [5, 5.41) is 0. The molecule has 14 heavy (non-hydrogen) atoms. The molecule has 0 radical (unpaired) electrons. The van der Waals surface area contributed by atoms with Gasteiger partial charge in [0.2, 0.25) is 0 Å². The average Bonchev–Trinajstić information content (AvgIpc) is 2.18. The molecule has 0 heterocycles. The number of benzene rings is 1. The molecule has 0 aliphatic heterocycles. The SMILES string of the molecule is COC(=O)c1c(F)ccc(SC)c1Br. The summed E-state index contributed by atoms with van der Waals surface area (Å²) in [4.78, 5) is 12.0. The third-order valence-electron chi connectivity index (χ3n) is 1.67. The van der Waals surface area contributed by atoms with E-state index in [4.69, 9.17) is 0 Å². The van der Waals surface area contributed by atoms with Gasteiger partial charge in [-0.2, -0.15) is 0 Å². The molecule has 2 nitrogen and oxygen atoms in total. The van der Waals surface area contributed by atoms with E-state index >= 15 is 0 Å². The molecule has 76 valence electrons. The first kappa shape index (κ1) is 11.5. The summed E-state index contributed by atoms with van der Waals surface area (Å²) in [7, 11) is 1.22. The molecule has 0 bridgehead atoms. The number of halogens is 2. The summed E-state index contributed by atoms with van der Waals surface area (Å²) in [6.07, 6.45) is 1.85. The maximum absolute atomic E-state index is 13.3. The van der Waals surface area contributed by atoms with Crippen molar-refractivity contribution in [3.63, 3.8) is 0 Å². The number of thioether (sulfide) groups is 1. The Bertz CT molecular complexity index is 368. The van der Waals surface area contributed by atoms with Crippen molar-refractivity contribution >= 4 is 33.7 Å². The molecule has 1 aromatic carbocycles. The summed E-state index contributed by atoms with van der Waals surface area (Å²) in [6, 6.07) is 2.86. The van der Waals surface area contributed by atoms with Gasteiger partial charge >= 0.3 is 5.97 Å². The van der Waals surface area contributed by atoms with E-state index in [2.05, 4.69) is 20.7 Å². The molecule has 0 N–H and O–H groups in total. The second kappa shape index (κ2) is 4.79. The molecule has 0 spiro atoms. The fourth-order valence-corrected chi connectivity index (χ4v) is 2.43. The van der Waals surface area contributed by atoms with Gasteiger partial charge in [-0.3, -0.25) is 0 Å².